The largest absolute Gasteiger partial charge is 0.497 e. The number of nitrogens with one attached hydrogen (secondary N) is 1. The third kappa shape index (κ3) is 3.66. The number of nitrogens with zero attached hydrogens (tertiary/aromatic N) is 1. The molecule has 0 aliphatic heterocycles. The van der Waals surface area contributed by atoms with Gasteiger partial charge in [0.15, 0.2) is 0 Å². The van der Waals surface area contributed by atoms with Crippen LogP contribution in [0.1, 0.15) is 11.1 Å². The molecule has 0 unspecified atom stereocenters. The molecule has 4 nitrogen and oxygen atoms in total. The topological polar surface area (TPSA) is 55.0 Å². The lowest BCUT2D eigenvalue weighted by Crippen LogP contribution is -2.15. The van der Waals surface area contributed by atoms with Crippen molar-refractivity contribution in [3.63, 3.8) is 0 Å². The number of H-pyrrole nitrogens is 1. The van der Waals surface area contributed by atoms with Gasteiger partial charge in [0.05, 0.1) is 12.8 Å². The third-order valence-corrected chi connectivity index (χ3v) is 3.79. The fraction of sp³-hybridized carbons (Fsp3) is 0.158. The van der Waals surface area contributed by atoms with Crippen LogP contribution in [0, 0.1) is 0 Å². The molecule has 0 aliphatic carbocycles. The molecule has 116 valence electrons. The van der Waals surface area contributed by atoms with E-state index in [1.54, 1.807) is 7.11 Å². The summed E-state index contributed by atoms with van der Waals surface area (Å²) in [5.41, 5.74) is 3.54. The van der Waals surface area contributed by atoms with E-state index in [-0.39, 0.29) is 5.56 Å². The second-order valence-electron chi connectivity index (χ2n) is 5.32. The number of benzene rings is 2. The maximum absolute atomic E-state index is 12.0. The van der Waals surface area contributed by atoms with E-state index in [0.29, 0.717) is 6.42 Å². The second kappa shape index (κ2) is 6.92. The van der Waals surface area contributed by atoms with E-state index in [9.17, 15) is 4.79 Å². The quantitative estimate of drug-likeness (QED) is 0.787. The van der Waals surface area contributed by atoms with Crippen LogP contribution in [0.15, 0.2) is 65.5 Å². The Hall–Kier alpha value is -2.88. The van der Waals surface area contributed by atoms with Crippen LogP contribution < -0.4 is 10.3 Å². The summed E-state index contributed by atoms with van der Waals surface area (Å²) in [7, 11) is 1.63. The van der Waals surface area contributed by atoms with Gasteiger partial charge in [-0.05, 0) is 48.7 Å². The van der Waals surface area contributed by atoms with Crippen LogP contribution >= 0.6 is 0 Å². The number of ether oxygens (including phenoxy) is 1. The first-order chi connectivity index (χ1) is 11.3. The molecule has 0 atom stereocenters. The molecule has 23 heavy (non-hydrogen) atoms. The highest BCUT2D eigenvalue weighted by Gasteiger charge is 2.06. The molecule has 0 spiro atoms. The average Bonchev–Trinajstić information content (AvgIpc) is 2.62. The van der Waals surface area contributed by atoms with Crippen molar-refractivity contribution in [2.24, 2.45) is 0 Å². The van der Waals surface area contributed by atoms with Crippen LogP contribution in [-0.2, 0) is 12.8 Å². The average molecular weight is 306 g/mol. The molecule has 0 bridgehead atoms. The van der Waals surface area contributed by atoms with Crippen LogP contribution in [0.25, 0.3) is 11.3 Å². The van der Waals surface area contributed by atoms with Gasteiger partial charge in [0.2, 0.25) is 0 Å². The predicted molar refractivity (Wildman–Crippen MR) is 90.7 cm³/mol. The van der Waals surface area contributed by atoms with Gasteiger partial charge in [-0.3, -0.25) is 4.79 Å². The van der Waals surface area contributed by atoms with Gasteiger partial charge in [-0.1, -0.05) is 30.3 Å². The molecule has 1 heterocycles. The summed E-state index contributed by atoms with van der Waals surface area (Å²) in [6.45, 7) is 0. The summed E-state index contributed by atoms with van der Waals surface area (Å²) in [6.07, 6.45) is 1.51. The Morgan fingerprint density at radius 1 is 1.00 bits per heavy atom. The van der Waals surface area contributed by atoms with Crippen LogP contribution in [0.5, 0.6) is 5.75 Å². The summed E-state index contributed by atoms with van der Waals surface area (Å²) in [6, 6.07) is 19.6. The Morgan fingerprint density at radius 3 is 2.43 bits per heavy atom. The molecule has 0 saturated carbocycles. The third-order valence-electron chi connectivity index (χ3n) is 3.79. The number of rotatable bonds is 5. The number of aromatic nitrogens is 2. The maximum Gasteiger partial charge on any atom is 0.267 e. The first-order valence-corrected chi connectivity index (χ1v) is 7.53. The first kappa shape index (κ1) is 15.0. The van der Waals surface area contributed by atoms with Crippen LogP contribution in [0.3, 0.4) is 0 Å². The van der Waals surface area contributed by atoms with Crippen molar-refractivity contribution in [3.8, 4) is 17.0 Å². The lowest BCUT2D eigenvalue weighted by molar-refractivity contribution is 0.415. The molecule has 1 aromatic heterocycles. The van der Waals surface area contributed by atoms with E-state index in [0.717, 1.165) is 29.0 Å². The van der Waals surface area contributed by atoms with Crippen molar-refractivity contribution in [1.29, 1.82) is 0 Å². The Bertz CT molecular complexity index is 824. The van der Waals surface area contributed by atoms with E-state index >= 15 is 0 Å². The number of aryl methyl sites for hydroxylation is 2. The number of methoxy groups -OCH3 is 1. The minimum Gasteiger partial charge on any atom is -0.497 e. The fourth-order valence-corrected chi connectivity index (χ4v) is 2.46. The highest BCUT2D eigenvalue weighted by molar-refractivity contribution is 5.60. The maximum atomic E-state index is 12.0. The van der Waals surface area contributed by atoms with Crippen molar-refractivity contribution < 1.29 is 4.74 Å². The SMILES string of the molecule is COc1ccc(-c2cc(CCc3ccccc3)c(=O)[nH]n2)cc1. The summed E-state index contributed by atoms with van der Waals surface area (Å²) >= 11 is 0. The Morgan fingerprint density at radius 2 is 1.74 bits per heavy atom. The van der Waals surface area contributed by atoms with Crippen molar-refractivity contribution in [2.45, 2.75) is 12.8 Å². The zero-order chi connectivity index (χ0) is 16.1. The smallest absolute Gasteiger partial charge is 0.267 e. The first-order valence-electron chi connectivity index (χ1n) is 7.53. The van der Waals surface area contributed by atoms with Gasteiger partial charge in [-0.25, -0.2) is 5.10 Å². The molecule has 4 heteroatoms. The molecular weight excluding hydrogens is 288 g/mol. The number of aromatic amines is 1. The summed E-state index contributed by atoms with van der Waals surface area (Å²) in [5.74, 6) is 0.794. The van der Waals surface area contributed by atoms with E-state index < -0.39 is 0 Å². The van der Waals surface area contributed by atoms with Crippen molar-refractivity contribution in [1.82, 2.24) is 10.2 Å². The Kier molecular flexibility index (Phi) is 4.52. The standard InChI is InChI=1S/C19H18N2O2/c1-23-17-11-9-15(10-12-17)18-13-16(19(22)21-20-18)8-7-14-5-3-2-4-6-14/h2-6,9-13H,7-8H2,1H3,(H,21,22). The molecule has 0 saturated heterocycles. The lowest BCUT2D eigenvalue weighted by atomic mass is 10.0. The Balaban J connectivity index is 1.82. The highest BCUT2D eigenvalue weighted by Crippen LogP contribution is 2.20. The van der Waals surface area contributed by atoms with Gasteiger partial charge in [0.25, 0.3) is 5.56 Å². The van der Waals surface area contributed by atoms with E-state index in [2.05, 4.69) is 22.3 Å². The molecule has 0 amide bonds. The van der Waals surface area contributed by atoms with Crippen LogP contribution in [-0.4, -0.2) is 17.3 Å². The van der Waals surface area contributed by atoms with Gasteiger partial charge < -0.3 is 4.74 Å². The van der Waals surface area contributed by atoms with E-state index in [4.69, 9.17) is 4.74 Å². The lowest BCUT2D eigenvalue weighted by Gasteiger charge is -2.05. The number of hydrogen-bond donors (Lipinski definition) is 1. The molecular formula is C19H18N2O2. The Labute approximate surface area is 134 Å². The molecule has 0 fully saturated rings. The van der Waals surface area contributed by atoms with E-state index in [1.807, 2.05) is 48.5 Å². The zero-order valence-electron chi connectivity index (χ0n) is 13.0. The van der Waals surface area contributed by atoms with Crippen LogP contribution in [0.4, 0.5) is 0 Å². The molecule has 2 aromatic carbocycles. The van der Waals surface area contributed by atoms with Crippen molar-refractivity contribution in [2.75, 3.05) is 7.11 Å². The normalized spacial score (nSPS) is 10.5. The van der Waals surface area contributed by atoms with Gasteiger partial charge in [-0.15, -0.1) is 0 Å². The van der Waals surface area contributed by atoms with Crippen molar-refractivity contribution >= 4 is 0 Å². The van der Waals surface area contributed by atoms with Gasteiger partial charge in [0, 0.05) is 11.1 Å². The molecule has 0 radical (unpaired) electrons. The van der Waals surface area contributed by atoms with Gasteiger partial charge >= 0.3 is 0 Å². The minimum atomic E-state index is -0.127. The fourth-order valence-electron chi connectivity index (χ4n) is 2.46. The second-order valence-corrected chi connectivity index (χ2v) is 5.32. The molecule has 3 rings (SSSR count). The molecule has 1 N–H and O–H groups in total. The zero-order valence-corrected chi connectivity index (χ0v) is 13.0. The number of hydrogen-bond acceptors (Lipinski definition) is 3. The monoisotopic (exact) mass is 306 g/mol. The summed E-state index contributed by atoms with van der Waals surface area (Å²) in [5, 5.41) is 6.74. The van der Waals surface area contributed by atoms with Gasteiger partial charge in [-0.2, -0.15) is 5.10 Å². The van der Waals surface area contributed by atoms with Crippen molar-refractivity contribution in [3.05, 3.63) is 82.1 Å². The van der Waals surface area contributed by atoms with Crippen LogP contribution in [0.2, 0.25) is 0 Å². The summed E-state index contributed by atoms with van der Waals surface area (Å²) < 4.78 is 5.16. The highest BCUT2D eigenvalue weighted by atomic mass is 16.5. The predicted octanol–water partition coefficient (Wildman–Crippen LogP) is 3.23. The summed E-state index contributed by atoms with van der Waals surface area (Å²) in [4.78, 5) is 12.0. The molecule has 3 aromatic rings. The van der Waals surface area contributed by atoms with E-state index in [1.165, 1.54) is 5.56 Å². The van der Waals surface area contributed by atoms with Gasteiger partial charge in [0.1, 0.15) is 5.75 Å². The molecule has 0 aliphatic rings. The minimum absolute atomic E-state index is 0.127.